The summed E-state index contributed by atoms with van der Waals surface area (Å²) in [5.74, 6) is -0.611. The average Bonchev–Trinajstić information content (AvgIpc) is 3.26. The third kappa shape index (κ3) is 4.49. The summed E-state index contributed by atoms with van der Waals surface area (Å²) in [4.78, 5) is 27.9. The Hall–Kier alpha value is -2.91. The van der Waals surface area contributed by atoms with Crippen molar-refractivity contribution in [2.75, 3.05) is 37.7 Å². The van der Waals surface area contributed by atoms with Crippen molar-refractivity contribution in [1.82, 2.24) is 20.4 Å². The van der Waals surface area contributed by atoms with E-state index in [1.165, 1.54) is 6.92 Å². The van der Waals surface area contributed by atoms with Crippen LogP contribution in [0.5, 0.6) is 0 Å². The Morgan fingerprint density at radius 3 is 2.39 bits per heavy atom. The van der Waals surface area contributed by atoms with Crippen molar-refractivity contribution in [1.29, 1.82) is 0 Å². The largest absolute Gasteiger partial charge is 0.391 e. The lowest BCUT2D eigenvalue weighted by molar-refractivity contribution is -0.125. The quantitative estimate of drug-likeness (QED) is 0.563. The first-order valence-electron chi connectivity index (χ1n) is 9.21. The van der Waals surface area contributed by atoms with Gasteiger partial charge in [0, 0.05) is 43.6 Å². The van der Waals surface area contributed by atoms with Crippen molar-refractivity contribution < 1.29 is 19.8 Å². The number of hydrogen-bond acceptors (Lipinski definition) is 6. The number of carbonyl (C=O) groups is 2. The van der Waals surface area contributed by atoms with Crippen LogP contribution in [0.25, 0.3) is 11.1 Å². The number of ketones is 1. The molecule has 0 radical (unpaired) electrons. The van der Waals surface area contributed by atoms with Gasteiger partial charge in [0.25, 0.3) is 0 Å². The first-order chi connectivity index (χ1) is 13.5. The van der Waals surface area contributed by atoms with Gasteiger partial charge in [-0.1, -0.05) is 12.1 Å². The maximum absolute atomic E-state index is 12.4. The van der Waals surface area contributed by atoms with E-state index >= 15 is 0 Å². The molecular weight excluding hydrogens is 362 g/mol. The Labute approximate surface area is 163 Å². The second kappa shape index (κ2) is 8.85. The first kappa shape index (κ1) is 19.8. The van der Waals surface area contributed by atoms with Gasteiger partial charge in [0.1, 0.15) is 12.6 Å². The van der Waals surface area contributed by atoms with Crippen molar-refractivity contribution in [3.05, 3.63) is 36.7 Å². The number of anilines is 1. The minimum absolute atomic E-state index is 0.414. The third-order valence-corrected chi connectivity index (χ3v) is 4.89. The summed E-state index contributed by atoms with van der Waals surface area (Å²) in [5.41, 5.74) is 3.18. The van der Waals surface area contributed by atoms with Crippen LogP contribution in [0.15, 0.2) is 36.7 Å². The van der Waals surface area contributed by atoms with E-state index in [0.29, 0.717) is 26.2 Å². The molecule has 2 heterocycles. The monoisotopic (exact) mass is 387 g/mol. The van der Waals surface area contributed by atoms with Crippen LogP contribution in [0.1, 0.15) is 6.92 Å². The summed E-state index contributed by atoms with van der Waals surface area (Å²) in [6.45, 7) is 2.99. The lowest BCUT2D eigenvalue weighted by Gasteiger charge is -2.37. The highest BCUT2D eigenvalue weighted by Crippen LogP contribution is 2.23. The van der Waals surface area contributed by atoms with Gasteiger partial charge in [-0.05, 0) is 24.6 Å². The van der Waals surface area contributed by atoms with Crippen LogP contribution in [0.3, 0.4) is 0 Å². The number of benzene rings is 1. The van der Waals surface area contributed by atoms with Gasteiger partial charge in [-0.2, -0.15) is 5.10 Å². The molecule has 4 N–H and O–H groups in total. The predicted molar refractivity (Wildman–Crippen MR) is 104 cm³/mol. The molecule has 0 aliphatic carbocycles. The molecule has 150 valence electrons. The molecule has 1 aromatic heterocycles. The highest BCUT2D eigenvalue weighted by atomic mass is 16.3. The minimum atomic E-state index is -1.11. The molecule has 1 aliphatic rings. The molecule has 9 heteroatoms. The fourth-order valence-electron chi connectivity index (χ4n) is 3.23. The van der Waals surface area contributed by atoms with Crippen LogP contribution in [-0.4, -0.2) is 82.1 Å². The number of hydrogen-bond donors (Lipinski definition) is 4. The Kier molecular flexibility index (Phi) is 6.27. The smallest absolute Gasteiger partial charge is 0.318 e. The number of aromatic amines is 1. The van der Waals surface area contributed by atoms with Gasteiger partial charge < -0.3 is 25.3 Å². The number of aliphatic hydroxyl groups excluding tert-OH is 2. The van der Waals surface area contributed by atoms with E-state index in [1.54, 1.807) is 11.1 Å². The molecule has 28 heavy (non-hydrogen) atoms. The van der Waals surface area contributed by atoms with Gasteiger partial charge in [-0.25, -0.2) is 4.79 Å². The molecule has 1 aliphatic heterocycles. The standard InChI is InChI=1S/C19H25N5O4/c1-13(26)18(17(27)12-25)22-19(28)24-8-6-23(7-9-24)16-4-2-14(3-5-16)15-10-20-21-11-15/h2-5,10-11,13,18,25-26H,6-9,12H2,1H3,(H,20,21)(H,22,28)/t13-,18+/m0/s1. The number of H-pyrrole nitrogens is 1. The highest BCUT2D eigenvalue weighted by Gasteiger charge is 2.28. The number of nitrogens with one attached hydrogen (secondary N) is 2. The van der Waals surface area contributed by atoms with Crippen LogP contribution in [0.2, 0.25) is 0 Å². The molecule has 1 fully saturated rings. The summed E-state index contributed by atoms with van der Waals surface area (Å²) in [5, 5.41) is 27.9. The molecule has 2 amide bonds. The number of carbonyl (C=O) groups excluding carboxylic acids is 2. The van der Waals surface area contributed by atoms with Crippen LogP contribution in [0.4, 0.5) is 10.5 Å². The van der Waals surface area contributed by atoms with Crippen molar-refractivity contribution in [3.8, 4) is 11.1 Å². The zero-order chi connectivity index (χ0) is 20.1. The second-order valence-corrected chi connectivity index (χ2v) is 6.80. The van der Waals surface area contributed by atoms with Gasteiger partial charge in [-0.3, -0.25) is 9.89 Å². The van der Waals surface area contributed by atoms with E-state index in [-0.39, 0.29) is 0 Å². The lowest BCUT2D eigenvalue weighted by atomic mass is 10.1. The molecule has 0 bridgehead atoms. The molecular formula is C19H25N5O4. The molecule has 1 saturated heterocycles. The highest BCUT2D eigenvalue weighted by molar-refractivity contribution is 5.89. The summed E-state index contributed by atoms with van der Waals surface area (Å²) in [6.07, 6.45) is 2.54. The Bertz CT molecular complexity index is 783. The van der Waals surface area contributed by atoms with Gasteiger partial charge >= 0.3 is 6.03 Å². The molecule has 3 rings (SSSR count). The second-order valence-electron chi connectivity index (χ2n) is 6.80. The van der Waals surface area contributed by atoms with E-state index in [9.17, 15) is 14.7 Å². The SMILES string of the molecule is C[C@H](O)[C@@H](NC(=O)N1CCN(c2ccc(-c3cn[nH]c3)cc2)CC1)C(=O)CO. The van der Waals surface area contributed by atoms with Crippen LogP contribution in [-0.2, 0) is 4.79 Å². The van der Waals surface area contributed by atoms with Gasteiger partial charge in [-0.15, -0.1) is 0 Å². The number of amides is 2. The number of nitrogens with zero attached hydrogens (tertiary/aromatic N) is 3. The molecule has 2 aromatic rings. The molecule has 2 atom stereocenters. The third-order valence-electron chi connectivity index (χ3n) is 4.89. The lowest BCUT2D eigenvalue weighted by Crippen LogP contribution is -2.57. The summed E-state index contributed by atoms with van der Waals surface area (Å²) in [6, 6.07) is 6.64. The fraction of sp³-hybridized carbons (Fsp3) is 0.421. The van der Waals surface area contributed by atoms with Crippen LogP contribution < -0.4 is 10.2 Å². The number of Topliss-reactive ketones (excluding diaryl/α,β-unsaturated/α-hetero) is 1. The van der Waals surface area contributed by atoms with Gasteiger partial charge in [0.15, 0.2) is 5.78 Å². The average molecular weight is 387 g/mol. The summed E-state index contributed by atoms with van der Waals surface area (Å²) >= 11 is 0. The van der Waals surface area contributed by atoms with E-state index in [2.05, 4.69) is 20.4 Å². The van der Waals surface area contributed by atoms with Crippen LogP contribution >= 0.6 is 0 Å². The van der Waals surface area contributed by atoms with Crippen molar-refractivity contribution in [2.45, 2.75) is 19.1 Å². The maximum Gasteiger partial charge on any atom is 0.318 e. The number of urea groups is 1. The molecule has 1 aromatic carbocycles. The zero-order valence-corrected chi connectivity index (χ0v) is 15.7. The normalized spacial score (nSPS) is 16.5. The molecule has 0 unspecified atom stereocenters. The molecule has 0 saturated carbocycles. The first-order valence-corrected chi connectivity index (χ1v) is 9.21. The number of aromatic nitrogens is 2. The van der Waals surface area contributed by atoms with Crippen molar-refractivity contribution >= 4 is 17.5 Å². The summed E-state index contributed by atoms with van der Waals surface area (Å²) in [7, 11) is 0. The number of piperazine rings is 1. The number of aliphatic hydroxyl groups is 2. The van der Waals surface area contributed by atoms with E-state index in [4.69, 9.17) is 5.11 Å². The Balaban J connectivity index is 1.55. The van der Waals surface area contributed by atoms with Gasteiger partial charge in [0.2, 0.25) is 0 Å². The Morgan fingerprint density at radius 2 is 1.86 bits per heavy atom. The predicted octanol–water partition coefficient (Wildman–Crippen LogP) is 0.219. The molecule has 9 nitrogen and oxygen atoms in total. The van der Waals surface area contributed by atoms with Crippen LogP contribution in [0, 0.1) is 0 Å². The minimum Gasteiger partial charge on any atom is -0.391 e. The topological polar surface area (TPSA) is 122 Å². The zero-order valence-electron chi connectivity index (χ0n) is 15.7. The van der Waals surface area contributed by atoms with Crippen molar-refractivity contribution in [2.24, 2.45) is 0 Å². The van der Waals surface area contributed by atoms with Crippen molar-refractivity contribution in [3.63, 3.8) is 0 Å². The molecule has 0 spiro atoms. The Morgan fingerprint density at radius 1 is 1.18 bits per heavy atom. The van der Waals surface area contributed by atoms with E-state index < -0.39 is 30.6 Å². The maximum atomic E-state index is 12.4. The fourth-order valence-corrected chi connectivity index (χ4v) is 3.23. The van der Waals surface area contributed by atoms with E-state index in [0.717, 1.165) is 16.8 Å². The van der Waals surface area contributed by atoms with Gasteiger partial charge in [0.05, 0.1) is 12.3 Å². The van der Waals surface area contributed by atoms with E-state index in [1.807, 2.05) is 30.5 Å². The number of rotatable bonds is 6. The summed E-state index contributed by atoms with van der Waals surface area (Å²) < 4.78 is 0.